The molecule has 0 radical (unpaired) electrons. The van der Waals surface area contributed by atoms with Gasteiger partial charge >= 0.3 is 0 Å². The van der Waals surface area contributed by atoms with E-state index in [-0.39, 0.29) is 6.61 Å². The third kappa shape index (κ3) is 1.40. The highest BCUT2D eigenvalue weighted by atomic mass is 16.3. The van der Waals surface area contributed by atoms with E-state index in [0.717, 1.165) is 0 Å². The minimum atomic E-state index is -0.0994. The first-order chi connectivity index (χ1) is 4.86. The van der Waals surface area contributed by atoms with E-state index in [1.807, 2.05) is 0 Å². The number of hydrogen-bond donors (Lipinski definition) is 3. The van der Waals surface area contributed by atoms with Crippen LogP contribution in [0.25, 0.3) is 0 Å². The van der Waals surface area contributed by atoms with Crippen molar-refractivity contribution in [3.05, 3.63) is 18.1 Å². The minimum Gasteiger partial charge on any atom is -0.390 e. The van der Waals surface area contributed by atoms with E-state index >= 15 is 0 Å². The number of anilines is 1. The standard InChI is InChI=1S/C5H8N4O/c6-9-5-2-7-4(3-10)1-8-5/h1-2,10H,3,6H2,(H,8,9). The van der Waals surface area contributed by atoms with Crippen molar-refractivity contribution in [2.24, 2.45) is 5.84 Å². The van der Waals surface area contributed by atoms with Crippen molar-refractivity contribution >= 4 is 5.82 Å². The van der Waals surface area contributed by atoms with Gasteiger partial charge in [-0.25, -0.2) is 10.8 Å². The second kappa shape index (κ2) is 3.09. The second-order valence-electron chi connectivity index (χ2n) is 1.70. The Bertz CT molecular complexity index is 174. The first-order valence-electron chi connectivity index (χ1n) is 2.75. The Morgan fingerprint density at radius 1 is 1.50 bits per heavy atom. The molecule has 0 spiro atoms. The Morgan fingerprint density at radius 3 is 2.70 bits per heavy atom. The van der Waals surface area contributed by atoms with Gasteiger partial charge in [-0.05, 0) is 0 Å². The molecule has 0 saturated carbocycles. The maximum Gasteiger partial charge on any atom is 0.158 e. The van der Waals surface area contributed by atoms with Crippen LogP contribution in [-0.4, -0.2) is 15.1 Å². The van der Waals surface area contributed by atoms with Gasteiger partial charge in [-0.15, -0.1) is 0 Å². The fourth-order valence-electron chi connectivity index (χ4n) is 0.511. The van der Waals surface area contributed by atoms with Crippen LogP contribution in [0, 0.1) is 0 Å². The van der Waals surface area contributed by atoms with Crippen molar-refractivity contribution in [1.82, 2.24) is 9.97 Å². The van der Waals surface area contributed by atoms with Crippen molar-refractivity contribution in [3.63, 3.8) is 0 Å². The molecule has 0 aliphatic rings. The lowest BCUT2D eigenvalue weighted by Crippen LogP contribution is -2.09. The summed E-state index contributed by atoms with van der Waals surface area (Å²) in [6.07, 6.45) is 2.90. The van der Waals surface area contributed by atoms with Crippen LogP contribution in [0.3, 0.4) is 0 Å². The Kier molecular flexibility index (Phi) is 2.14. The molecule has 1 aromatic rings. The number of hydrazine groups is 1. The molecule has 0 fully saturated rings. The minimum absolute atomic E-state index is 0.0994. The summed E-state index contributed by atoms with van der Waals surface area (Å²) in [5.41, 5.74) is 2.85. The summed E-state index contributed by atoms with van der Waals surface area (Å²) in [7, 11) is 0. The second-order valence-corrected chi connectivity index (χ2v) is 1.70. The lowest BCUT2D eigenvalue weighted by molar-refractivity contribution is 0.276. The van der Waals surface area contributed by atoms with E-state index in [1.165, 1.54) is 12.4 Å². The monoisotopic (exact) mass is 140 g/mol. The number of nitrogens with zero attached hydrogens (tertiary/aromatic N) is 2. The third-order valence-electron chi connectivity index (χ3n) is 1.02. The lowest BCUT2D eigenvalue weighted by Gasteiger charge is -1.97. The normalized spacial score (nSPS) is 9.40. The van der Waals surface area contributed by atoms with Crippen LogP contribution in [0.15, 0.2) is 12.4 Å². The van der Waals surface area contributed by atoms with Gasteiger partial charge in [0.2, 0.25) is 0 Å². The number of aromatic nitrogens is 2. The maximum absolute atomic E-state index is 8.55. The van der Waals surface area contributed by atoms with E-state index in [1.54, 1.807) is 0 Å². The molecule has 0 aliphatic carbocycles. The zero-order chi connectivity index (χ0) is 7.40. The molecule has 0 amide bonds. The third-order valence-corrected chi connectivity index (χ3v) is 1.02. The molecule has 0 atom stereocenters. The number of rotatable bonds is 2. The van der Waals surface area contributed by atoms with Gasteiger partial charge in [0.25, 0.3) is 0 Å². The van der Waals surface area contributed by atoms with Crippen molar-refractivity contribution in [2.75, 3.05) is 5.43 Å². The molecule has 1 aromatic heterocycles. The summed E-state index contributed by atoms with van der Waals surface area (Å²) >= 11 is 0. The van der Waals surface area contributed by atoms with E-state index in [4.69, 9.17) is 10.9 Å². The number of nitrogens with one attached hydrogen (secondary N) is 1. The molecule has 54 valence electrons. The molecule has 0 saturated heterocycles. The number of hydrogen-bond acceptors (Lipinski definition) is 5. The zero-order valence-electron chi connectivity index (χ0n) is 5.28. The largest absolute Gasteiger partial charge is 0.390 e. The SMILES string of the molecule is NNc1cnc(CO)cn1. The predicted octanol–water partition coefficient (Wildman–Crippen LogP) is -0.746. The van der Waals surface area contributed by atoms with Gasteiger partial charge in [0.1, 0.15) is 0 Å². The predicted molar refractivity (Wildman–Crippen MR) is 35.8 cm³/mol. The van der Waals surface area contributed by atoms with Crippen molar-refractivity contribution in [3.8, 4) is 0 Å². The smallest absolute Gasteiger partial charge is 0.158 e. The van der Waals surface area contributed by atoms with Gasteiger partial charge in [0.15, 0.2) is 5.82 Å². The van der Waals surface area contributed by atoms with Crippen molar-refractivity contribution < 1.29 is 5.11 Å². The molecular weight excluding hydrogens is 132 g/mol. The molecule has 1 rings (SSSR count). The Morgan fingerprint density at radius 2 is 2.30 bits per heavy atom. The summed E-state index contributed by atoms with van der Waals surface area (Å²) < 4.78 is 0. The molecule has 0 bridgehead atoms. The molecule has 10 heavy (non-hydrogen) atoms. The molecule has 1 heterocycles. The Labute approximate surface area is 57.9 Å². The molecule has 0 unspecified atom stereocenters. The van der Waals surface area contributed by atoms with Crippen molar-refractivity contribution in [1.29, 1.82) is 0 Å². The fraction of sp³-hybridized carbons (Fsp3) is 0.200. The lowest BCUT2D eigenvalue weighted by atomic mass is 10.5. The summed E-state index contributed by atoms with van der Waals surface area (Å²) in [5, 5.41) is 8.55. The number of nitrogens with two attached hydrogens (primary N) is 1. The van der Waals surface area contributed by atoms with E-state index in [9.17, 15) is 0 Å². The number of nitrogen functional groups attached to an aromatic ring is 1. The average Bonchev–Trinajstić information content (AvgIpc) is 2.05. The summed E-state index contributed by atoms with van der Waals surface area (Å²) in [6.45, 7) is -0.0994. The van der Waals surface area contributed by atoms with Gasteiger partial charge in [0.05, 0.1) is 24.7 Å². The van der Waals surface area contributed by atoms with Gasteiger partial charge in [-0.2, -0.15) is 0 Å². The maximum atomic E-state index is 8.55. The van der Waals surface area contributed by atoms with Crippen LogP contribution in [0.5, 0.6) is 0 Å². The molecule has 5 nitrogen and oxygen atoms in total. The van der Waals surface area contributed by atoms with Crippen LogP contribution in [-0.2, 0) is 6.61 Å². The van der Waals surface area contributed by atoms with Crippen LogP contribution >= 0.6 is 0 Å². The summed E-state index contributed by atoms with van der Waals surface area (Å²) in [6, 6.07) is 0. The van der Waals surface area contributed by atoms with Crippen LogP contribution in [0.1, 0.15) is 5.69 Å². The first-order valence-corrected chi connectivity index (χ1v) is 2.75. The van der Waals surface area contributed by atoms with Crippen molar-refractivity contribution in [2.45, 2.75) is 6.61 Å². The van der Waals surface area contributed by atoms with E-state index < -0.39 is 0 Å². The molecule has 0 aliphatic heterocycles. The van der Waals surface area contributed by atoms with Gasteiger partial charge < -0.3 is 10.5 Å². The van der Waals surface area contributed by atoms with Crippen LogP contribution in [0.4, 0.5) is 5.82 Å². The summed E-state index contributed by atoms with van der Waals surface area (Å²) in [5.74, 6) is 5.51. The molecular formula is C5H8N4O. The average molecular weight is 140 g/mol. The quantitative estimate of drug-likeness (QED) is 0.372. The van der Waals surface area contributed by atoms with Gasteiger partial charge in [-0.3, -0.25) is 4.98 Å². The molecule has 0 aromatic carbocycles. The van der Waals surface area contributed by atoms with E-state index in [0.29, 0.717) is 11.5 Å². The topological polar surface area (TPSA) is 84.1 Å². The highest BCUT2D eigenvalue weighted by Gasteiger charge is 1.91. The zero-order valence-corrected chi connectivity index (χ0v) is 5.28. The molecule has 4 N–H and O–H groups in total. The highest BCUT2D eigenvalue weighted by Crippen LogP contribution is 1.97. The van der Waals surface area contributed by atoms with Gasteiger partial charge in [0, 0.05) is 0 Å². The number of aliphatic hydroxyl groups excluding tert-OH is 1. The van der Waals surface area contributed by atoms with Crippen LogP contribution < -0.4 is 11.3 Å². The van der Waals surface area contributed by atoms with E-state index in [2.05, 4.69) is 15.4 Å². The number of aliphatic hydroxyl groups is 1. The Balaban J connectivity index is 2.80. The Hall–Kier alpha value is -1.20. The first kappa shape index (κ1) is 6.91. The van der Waals surface area contributed by atoms with Crippen LogP contribution in [0.2, 0.25) is 0 Å². The fourth-order valence-corrected chi connectivity index (χ4v) is 0.511. The highest BCUT2D eigenvalue weighted by molar-refractivity contribution is 5.28. The molecule has 5 heteroatoms. The summed E-state index contributed by atoms with van der Waals surface area (Å²) in [4.78, 5) is 7.62. The van der Waals surface area contributed by atoms with Gasteiger partial charge in [-0.1, -0.05) is 0 Å².